The van der Waals surface area contributed by atoms with Gasteiger partial charge in [-0.25, -0.2) is 13.4 Å². The van der Waals surface area contributed by atoms with Gasteiger partial charge in [0.2, 0.25) is 0 Å². The molecule has 0 saturated heterocycles. The summed E-state index contributed by atoms with van der Waals surface area (Å²) in [4.78, 5) is 4.47. The molecule has 0 aliphatic heterocycles. The summed E-state index contributed by atoms with van der Waals surface area (Å²) in [6.45, 7) is 0. The highest BCUT2D eigenvalue weighted by atomic mass is 35.5. The van der Waals surface area contributed by atoms with Gasteiger partial charge in [0.05, 0.1) is 25.9 Å². The molecule has 0 spiro atoms. The second-order valence-corrected chi connectivity index (χ2v) is 11.4. The predicted molar refractivity (Wildman–Crippen MR) is 131 cm³/mol. The number of aromatic nitrogens is 1. The highest BCUT2D eigenvalue weighted by molar-refractivity contribution is 7.92. The summed E-state index contributed by atoms with van der Waals surface area (Å²) in [6, 6.07) is 12.6. The number of sulfonamides is 1. The molecule has 0 unspecified atom stereocenters. The topological polar surface area (TPSA) is 59.1 Å². The molecule has 1 aromatic heterocycles. The third-order valence-electron chi connectivity index (χ3n) is 4.30. The van der Waals surface area contributed by atoms with Gasteiger partial charge in [-0.05, 0) is 54.1 Å². The Morgan fingerprint density at radius 3 is 2.16 bits per heavy atom. The fraction of sp³-hybridized carbons (Fsp3) is 0.0500. The number of fused-ring (bicyclic) bond motifs is 1. The first-order valence-corrected chi connectivity index (χ1v) is 12.8. The molecule has 3 aromatic carbocycles. The maximum Gasteiger partial charge on any atom is 0.263 e. The highest BCUT2D eigenvalue weighted by Crippen LogP contribution is 2.35. The maximum atomic E-state index is 12.7. The summed E-state index contributed by atoms with van der Waals surface area (Å²) in [6.07, 6.45) is 0.394. The number of rotatable bonds is 5. The van der Waals surface area contributed by atoms with Crippen molar-refractivity contribution in [3.8, 4) is 0 Å². The smallest absolute Gasteiger partial charge is 0.263 e. The second-order valence-electron chi connectivity index (χ2n) is 6.50. The van der Waals surface area contributed by atoms with Gasteiger partial charge in [-0.1, -0.05) is 58.0 Å². The zero-order valence-corrected chi connectivity index (χ0v) is 20.7. The first-order valence-electron chi connectivity index (χ1n) is 8.63. The first kappa shape index (κ1) is 22.9. The molecule has 4 nitrogen and oxygen atoms in total. The van der Waals surface area contributed by atoms with E-state index in [1.165, 1.54) is 41.7 Å². The molecule has 1 N–H and O–H groups in total. The minimum Gasteiger partial charge on any atom is -0.279 e. The number of hydrogen-bond donors (Lipinski definition) is 1. The Hall–Kier alpha value is -1.25. The van der Waals surface area contributed by atoms with Crippen LogP contribution in [0.4, 0.5) is 5.69 Å². The Balaban J connectivity index is 1.62. The zero-order chi connectivity index (χ0) is 22.3. The Morgan fingerprint density at radius 1 is 0.839 bits per heavy atom. The Morgan fingerprint density at radius 2 is 1.48 bits per heavy atom. The quantitative estimate of drug-likeness (QED) is 0.273. The predicted octanol–water partition coefficient (Wildman–Crippen LogP) is 7.95. The molecule has 0 atom stereocenters. The molecule has 0 aliphatic rings. The lowest BCUT2D eigenvalue weighted by molar-refractivity contribution is 0.601. The monoisotopic (exact) mass is 550 g/mol. The van der Waals surface area contributed by atoms with Crippen molar-refractivity contribution >= 4 is 95.3 Å². The van der Waals surface area contributed by atoms with E-state index in [9.17, 15) is 8.42 Å². The lowest BCUT2D eigenvalue weighted by Crippen LogP contribution is -2.13. The summed E-state index contributed by atoms with van der Waals surface area (Å²) < 4.78 is 28.8. The number of anilines is 1. The normalized spacial score (nSPS) is 11.8. The van der Waals surface area contributed by atoms with Crippen LogP contribution >= 0.6 is 69.3 Å². The number of halogens is 5. The molecule has 4 rings (SSSR count). The first-order chi connectivity index (χ1) is 14.6. The van der Waals surface area contributed by atoms with E-state index >= 15 is 0 Å². The number of benzene rings is 3. The van der Waals surface area contributed by atoms with E-state index in [0.717, 1.165) is 15.2 Å². The third kappa shape index (κ3) is 5.06. The molecule has 0 radical (unpaired) electrons. The SMILES string of the molecule is O=S(=O)(Nc1cc(Cl)c(Cc2nc3ccc(Cl)cc3s2)c(Cl)c1)c1ccc(Cl)cc1Cl. The van der Waals surface area contributed by atoms with Crippen molar-refractivity contribution in [3.63, 3.8) is 0 Å². The maximum absolute atomic E-state index is 12.7. The van der Waals surface area contributed by atoms with Crippen LogP contribution in [0.1, 0.15) is 10.6 Å². The second kappa shape index (κ2) is 8.94. The van der Waals surface area contributed by atoms with Crippen LogP contribution in [0, 0.1) is 0 Å². The van der Waals surface area contributed by atoms with Gasteiger partial charge in [0.15, 0.2) is 0 Å². The van der Waals surface area contributed by atoms with Crippen molar-refractivity contribution in [2.75, 3.05) is 4.72 Å². The van der Waals surface area contributed by atoms with Crippen molar-refractivity contribution in [3.05, 3.63) is 84.2 Å². The van der Waals surface area contributed by atoms with Crippen LogP contribution in [0.15, 0.2) is 53.4 Å². The Labute approximate surface area is 207 Å². The van der Waals surface area contributed by atoms with Crippen molar-refractivity contribution < 1.29 is 8.42 Å². The third-order valence-corrected chi connectivity index (χ3v) is 8.33. The van der Waals surface area contributed by atoms with Gasteiger partial charge in [-0.15, -0.1) is 11.3 Å². The summed E-state index contributed by atoms with van der Waals surface area (Å²) in [5.41, 5.74) is 1.68. The van der Waals surface area contributed by atoms with Crippen LogP contribution in [-0.2, 0) is 16.4 Å². The number of hydrogen-bond acceptors (Lipinski definition) is 4. The van der Waals surface area contributed by atoms with E-state index in [4.69, 9.17) is 58.0 Å². The van der Waals surface area contributed by atoms with Crippen LogP contribution in [-0.4, -0.2) is 13.4 Å². The molecule has 0 amide bonds. The number of thiazole rings is 1. The van der Waals surface area contributed by atoms with E-state index in [2.05, 4.69) is 9.71 Å². The van der Waals surface area contributed by atoms with Gasteiger partial charge in [-0.2, -0.15) is 0 Å². The summed E-state index contributed by atoms with van der Waals surface area (Å²) >= 11 is 32.3. The average molecular weight is 553 g/mol. The highest BCUT2D eigenvalue weighted by Gasteiger charge is 2.20. The fourth-order valence-electron chi connectivity index (χ4n) is 2.91. The summed E-state index contributed by atoms with van der Waals surface area (Å²) in [5, 5.41) is 2.40. The van der Waals surface area contributed by atoms with E-state index in [-0.39, 0.29) is 15.6 Å². The Bertz CT molecular complexity index is 1400. The largest absolute Gasteiger partial charge is 0.279 e. The van der Waals surface area contributed by atoms with Gasteiger partial charge in [0, 0.05) is 26.5 Å². The average Bonchev–Trinajstić information content (AvgIpc) is 3.05. The zero-order valence-electron chi connectivity index (χ0n) is 15.3. The molecule has 1 heterocycles. The van der Waals surface area contributed by atoms with Crippen LogP contribution in [0.3, 0.4) is 0 Å². The molecular weight excluding hydrogens is 542 g/mol. The number of nitrogens with zero attached hydrogens (tertiary/aromatic N) is 1. The standard InChI is InChI=1S/C20H11Cl5N2O2S2/c21-10-2-4-19(16(25)5-10)31(28,29)27-12-7-14(23)13(15(24)8-12)9-20-26-17-3-1-11(22)6-18(17)30-20/h1-8,27H,9H2. The van der Waals surface area contributed by atoms with Crippen molar-refractivity contribution in [1.82, 2.24) is 4.98 Å². The van der Waals surface area contributed by atoms with Gasteiger partial charge in [0.1, 0.15) is 4.90 Å². The van der Waals surface area contributed by atoms with E-state index in [0.29, 0.717) is 32.1 Å². The van der Waals surface area contributed by atoms with E-state index in [1.54, 1.807) is 6.07 Å². The number of nitrogens with one attached hydrogen (secondary N) is 1. The van der Waals surface area contributed by atoms with E-state index < -0.39 is 10.0 Å². The van der Waals surface area contributed by atoms with Crippen LogP contribution in [0.2, 0.25) is 25.1 Å². The molecule has 0 bridgehead atoms. The fourth-order valence-corrected chi connectivity index (χ4v) is 6.60. The molecule has 160 valence electrons. The Kier molecular flexibility index (Phi) is 6.62. The van der Waals surface area contributed by atoms with Crippen molar-refractivity contribution in [2.45, 2.75) is 11.3 Å². The van der Waals surface area contributed by atoms with Crippen LogP contribution in [0.5, 0.6) is 0 Å². The van der Waals surface area contributed by atoms with Gasteiger partial charge in [0.25, 0.3) is 10.0 Å². The molecular formula is C20H11Cl5N2O2S2. The summed E-state index contributed by atoms with van der Waals surface area (Å²) in [5.74, 6) is 0. The summed E-state index contributed by atoms with van der Waals surface area (Å²) in [7, 11) is -3.97. The van der Waals surface area contributed by atoms with Crippen molar-refractivity contribution in [1.29, 1.82) is 0 Å². The minimum atomic E-state index is -3.97. The molecule has 4 aromatic rings. The molecule has 0 aliphatic carbocycles. The van der Waals surface area contributed by atoms with Gasteiger partial charge < -0.3 is 0 Å². The van der Waals surface area contributed by atoms with Crippen LogP contribution < -0.4 is 4.72 Å². The van der Waals surface area contributed by atoms with Crippen molar-refractivity contribution in [2.24, 2.45) is 0 Å². The molecule has 31 heavy (non-hydrogen) atoms. The van der Waals surface area contributed by atoms with Gasteiger partial charge in [-0.3, -0.25) is 4.72 Å². The molecule has 0 saturated carbocycles. The van der Waals surface area contributed by atoms with E-state index in [1.807, 2.05) is 12.1 Å². The molecule has 0 fully saturated rings. The minimum absolute atomic E-state index is 0.00440. The lowest BCUT2D eigenvalue weighted by Gasteiger charge is -2.13. The van der Waals surface area contributed by atoms with Crippen LogP contribution in [0.25, 0.3) is 10.2 Å². The molecule has 11 heteroatoms. The van der Waals surface area contributed by atoms with Gasteiger partial charge >= 0.3 is 0 Å². The lowest BCUT2D eigenvalue weighted by atomic mass is 10.1.